The van der Waals surface area contributed by atoms with Crippen molar-refractivity contribution < 1.29 is 17.9 Å². The van der Waals surface area contributed by atoms with E-state index in [1.807, 2.05) is 6.07 Å². The number of furan rings is 1. The Labute approximate surface area is 134 Å². The van der Waals surface area contributed by atoms with Crippen molar-refractivity contribution in [3.8, 4) is 6.07 Å². The lowest BCUT2D eigenvalue weighted by molar-refractivity contribution is 0.0221. The van der Waals surface area contributed by atoms with E-state index in [2.05, 4.69) is 4.72 Å². The van der Waals surface area contributed by atoms with Crippen molar-refractivity contribution in [2.45, 2.75) is 29.8 Å². The molecular weight excluding hydrogens is 316 g/mol. The van der Waals surface area contributed by atoms with Crippen LogP contribution in [0.15, 0.2) is 45.9 Å². The van der Waals surface area contributed by atoms with Gasteiger partial charge in [-0.3, -0.25) is 0 Å². The Hall–Kier alpha value is -2.14. The maximum absolute atomic E-state index is 12.3. The normalized spacial score (nSPS) is 20.7. The molecule has 1 aromatic carbocycles. The lowest BCUT2D eigenvalue weighted by atomic mass is 9.83. The fraction of sp³-hybridized carbons (Fsp3) is 0.312. The van der Waals surface area contributed by atoms with Crippen LogP contribution in [0.4, 0.5) is 0 Å². The molecule has 0 saturated heterocycles. The molecule has 1 atom stereocenters. The lowest BCUT2D eigenvalue weighted by Gasteiger charge is -2.31. The van der Waals surface area contributed by atoms with Crippen LogP contribution in [0.3, 0.4) is 0 Å². The number of nitrogens with zero attached hydrogens (tertiary/aromatic N) is 1. The van der Waals surface area contributed by atoms with Crippen LogP contribution in [0.25, 0.3) is 0 Å². The smallest absolute Gasteiger partial charge is 0.240 e. The minimum Gasteiger partial charge on any atom is -0.469 e. The van der Waals surface area contributed by atoms with Crippen LogP contribution in [-0.4, -0.2) is 20.1 Å². The van der Waals surface area contributed by atoms with Crippen LogP contribution >= 0.6 is 0 Å². The molecule has 0 saturated carbocycles. The van der Waals surface area contributed by atoms with E-state index in [9.17, 15) is 13.5 Å². The average Bonchev–Trinajstić information content (AvgIpc) is 3.04. The van der Waals surface area contributed by atoms with Crippen LogP contribution in [0.5, 0.6) is 0 Å². The van der Waals surface area contributed by atoms with Gasteiger partial charge < -0.3 is 9.52 Å². The van der Waals surface area contributed by atoms with Crippen molar-refractivity contribution in [2.24, 2.45) is 0 Å². The molecule has 0 bridgehead atoms. The molecule has 2 N–H and O–H groups in total. The summed E-state index contributed by atoms with van der Waals surface area (Å²) in [6.45, 7) is -0.123. The summed E-state index contributed by atoms with van der Waals surface area (Å²) >= 11 is 0. The number of nitrogens with one attached hydrogen (secondary N) is 1. The molecular formula is C16H16N2O4S. The van der Waals surface area contributed by atoms with Crippen molar-refractivity contribution in [3.05, 3.63) is 53.5 Å². The number of sulfonamides is 1. The number of hydrogen-bond donors (Lipinski definition) is 2. The molecule has 1 aliphatic carbocycles. The highest BCUT2D eigenvalue weighted by molar-refractivity contribution is 7.89. The Kier molecular flexibility index (Phi) is 3.98. The van der Waals surface area contributed by atoms with E-state index in [-0.39, 0.29) is 11.4 Å². The van der Waals surface area contributed by atoms with E-state index in [0.717, 1.165) is 12.8 Å². The Morgan fingerprint density at radius 3 is 2.74 bits per heavy atom. The molecule has 0 fully saturated rings. The number of fused-ring (bicyclic) bond motifs is 1. The first-order valence-electron chi connectivity index (χ1n) is 7.24. The Morgan fingerprint density at radius 2 is 2.04 bits per heavy atom. The Morgan fingerprint density at radius 1 is 1.30 bits per heavy atom. The number of aliphatic hydroxyl groups is 1. The van der Waals surface area contributed by atoms with Crippen molar-refractivity contribution in [3.63, 3.8) is 0 Å². The average molecular weight is 332 g/mol. The Bertz CT molecular complexity index is 849. The van der Waals surface area contributed by atoms with Gasteiger partial charge in [0.2, 0.25) is 10.0 Å². The maximum atomic E-state index is 12.3. The van der Waals surface area contributed by atoms with Crippen molar-refractivity contribution >= 4 is 10.0 Å². The zero-order chi connectivity index (χ0) is 16.5. The van der Waals surface area contributed by atoms with Crippen LogP contribution < -0.4 is 4.72 Å². The first kappa shape index (κ1) is 15.7. The third kappa shape index (κ3) is 3.01. The van der Waals surface area contributed by atoms with Crippen molar-refractivity contribution in [2.75, 3.05) is 6.54 Å². The van der Waals surface area contributed by atoms with Crippen LogP contribution in [-0.2, 0) is 22.0 Å². The van der Waals surface area contributed by atoms with Crippen LogP contribution in [0, 0.1) is 11.3 Å². The summed E-state index contributed by atoms with van der Waals surface area (Å²) in [5, 5.41) is 19.5. The third-order valence-electron chi connectivity index (χ3n) is 4.09. The molecule has 120 valence electrons. The number of hydrogen-bond acceptors (Lipinski definition) is 5. The number of benzene rings is 1. The van der Waals surface area contributed by atoms with Gasteiger partial charge in [-0.1, -0.05) is 0 Å². The summed E-state index contributed by atoms with van der Waals surface area (Å²) in [6, 6.07) is 9.25. The standard InChI is InChI=1S/C16H16N2O4S/c17-10-12-3-5-13(6-4-12)23(20,21)18-11-16(19)8-1-2-15-14(16)7-9-22-15/h3-7,9,18-19H,1-2,8,11H2. The zero-order valence-corrected chi connectivity index (χ0v) is 13.1. The number of rotatable bonds is 4. The lowest BCUT2D eigenvalue weighted by Crippen LogP contribution is -2.42. The fourth-order valence-corrected chi connectivity index (χ4v) is 3.90. The quantitative estimate of drug-likeness (QED) is 0.886. The monoisotopic (exact) mass is 332 g/mol. The summed E-state index contributed by atoms with van der Waals surface area (Å²) in [6.07, 6.45) is 3.45. The number of aryl methyl sites for hydroxylation is 1. The molecule has 0 radical (unpaired) electrons. The molecule has 7 heteroatoms. The second kappa shape index (κ2) is 5.81. The third-order valence-corrected chi connectivity index (χ3v) is 5.51. The number of nitriles is 1. The second-order valence-electron chi connectivity index (χ2n) is 5.60. The summed E-state index contributed by atoms with van der Waals surface area (Å²) in [7, 11) is -3.76. The molecule has 23 heavy (non-hydrogen) atoms. The first-order chi connectivity index (χ1) is 10.9. The molecule has 3 rings (SSSR count). The van der Waals surface area contributed by atoms with Gasteiger partial charge in [0, 0.05) is 18.5 Å². The van der Waals surface area contributed by atoms with Gasteiger partial charge in [0.25, 0.3) is 0 Å². The minimum absolute atomic E-state index is 0.0586. The van der Waals surface area contributed by atoms with E-state index in [1.54, 1.807) is 6.07 Å². The molecule has 0 aliphatic heterocycles. The molecule has 1 aromatic heterocycles. The van der Waals surface area contributed by atoms with Gasteiger partial charge in [0.15, 0.2) is 0 Å². The van der Waals surface area contributed by atoms with Gasteiger partial charge in [-0.15, -0.1) is 0 Å². The van der Waals surface area contributed by atoms with Gasteiger partial charge in [-0.2, -0.15) is 5.26 Å². The zero-order valence-electron chi connectivity index (χ0n) is 12.3. The van der Waals surface area contributed by atoms with Gasteiger partial charge in [-0.05, 0) is 43.2 Å². The van der Waals surface area contributed by atoms with Crippen LogP contribution in [0.2, 0.25) is 0 Å². The SMILES string of the molecule is N#Cc1ccc(S(=O)(=O)NCC2(O)CCCc3occc32)cc1. The molecule has 2 aromatic rings. The fourth-order valence-electron chi connectivity index (χ4n) is 2.81. The molecule has 1 heterocycles. The van der Waals surface area contributed by atoms with Crippen molar-refractivity contribution in [1.29, 1.82) is 5.26 Å². The molecule has 1 aliphatic rings. The summed E-state index contributed by atoms with van der Waals surface area (Å²) in [5.41, 5.74) is -0.232. The van der Waals surface area contributed by atoms with E-state index >= 15 is 0 Å². The molecule has 1 unspecified atom stereocenters. The highest BCUT2D eigenvalue weighted by atomic mass is 32.2. The maximum Gasteiger partial charge on any atom is 0.240 e. The minimum atomic E-state index is -3.76. The first-order valence-corrected chi connectivity index (χ1v) is 8.72. The predicted molar refractivity (Wildman–Crippen MR) is 81.9 cm³/mol. The van der Waals surface area contributed by atoms with Crippen molar-refractivity contribution in [1.82, 2.24) is 4.72 Å². The van der Waals surface area contributed by atoms with E-state index in [4.69, 9.17) is 9.68 Å². The van der Waals surface area contributed by atoms with E-state index in [1.165, 1.54) is 30.5 Å². The van der Waals surface area contributed by atoms with Gasteiger partial charge in [0.1, 0.15) is 11.4 Å². The topological polar surface area (TPSA) is 103 Å². The molecule has 0 amide bonds. The summed E-state index contributed by atoms with van der Waals surface area (Å²) in [4.78, 5) is 0.0586. The molecule has 6 nitrogen and oxygen atoms in total. The highest BCUT2D eigenvalue weighted by Crippen LogP contribution is 2.35. The highest BCUT2D eigenvalue weighted by Gasteiger charge is 2.37. The summed E-state index contributed by atoms with van der Waals surface area (Å²) in [5.74, 6) is 0.705. The second-order valence-corrected chi connectivity index (χ2v) is 7.37. The van der Waals surface area contributed by atoms with E-state index in [0.29, 0.717) is 23.3 Å². The molecule has 0 spiro atoms. The van der Waals surface area contributed by atoms with Gasteiger partial charge in [0.05, 0.1) is 22.8 Å². The Balaban J connectivity index is 1.79. The van der Waals surface area contributed by atoms with Gasteiger partial charge >= 0.3 is 0 Å². The predicted octanol–water partition coefficient (Wildman–Crippen LogP) is 1.65. The van der Waals surface area contributed by atoms with Gasteiger partial charge in [-0.25, -0.2) is 13.1 Å². The largest absolute Gasteiger partial charge is 0.469 e. The van der Waals surface area contributed by atoms with Crippen LogP contribution in [0.1, 0.15) is 29.7 Å². The summed E-state index contributed by atoms with van der Waals surface area (Å²) < 4.78 is 32.5. The van der Waals surface area contributed by atoms with E-state index < -0.39 is 15.6 Å².